The lowest BCUT2D eigenvalue weighted by molar-refractivity contribution is 0.454. The van der Waals surface area contributed by atoms with Crippen LogP contribution in [-0.2, 0) is 6.42 Å². The predicted molar refractivity (Wildman–Crippen MR) is 89.3 cm³/mol. The van der Waals surface area contributed by atoms with E-state index >= 15 is 0 Å². The van der Waals surface area contributed by atoms with E-state index in [0.717, 1.165) is 45.7 Å². The maximum Gasteiger partial charge on any atom is 0.227 e. The summed E-state index contributed by atoms with van der Waals surface area (Å²) in [5, 5.41) is 3.25. The van der Waals surface area contributed by atoms with E-state index in [4.69, 9.17) is 4.74 Å². The largest absolute Gasteiger partial charge is 0.439 e. The van der Waals surface area contributed by atoms with Crippen molar-refractivity contribution in [3.8, 4) is 11.6 Å². The molecule has 0 fully saturated rings. The fourth-order valence-corrected chi connectivity index (χ4v) is 2.43. The van der Waals surface area contributed by atoms with Crippen LogP contribution in [0.5, 0.6) is 11.6 Å². The van der Waals surface area contributed by atoms with Crippen LogP contribution in [0.4, 0.5) is 5.82 Å². The number of aromatic nitrogens is 2. The smallest absolute Gasteiger partial charge is 0.227 e. The topological polar surface area (TPSA) is 47.0 Å². The Morgan fingerprint density at radius 2 is 1.81 bits per heavy atom. The molecular formula is C16H20BrN3O. The molecule has 0 aliphatic rings. The molecule has 1 heterocycles. The SMILES string of the molecule is CCNc1ncnc(Oc2cc(C)c(Br)c(C)c2)c1CC. The van der Waals surface area contributed by atoms with Gasteiger partial charge in [0.1, 0.15) is 17.9 Å². The number of anilines is 1. The zero-order valence-electron chi connectivity index (χ0n) is 12.8. The van der Waals surface area contributed by atoms with Gasteiger partial charge in [-0.2, -0.15) is 0 Å². The molecule has 0 unspecified atom stereocenters. The van der Waals surface area contributed by atoms with Crippen molar-refractivity contribution in [1.82, 2.24) is 9.97 Å². The molecule has 1 N–H and O–H groups in total. The first kappa shape index (κ1) is 15.8. The number of nitrogens with zero attached hydrogens (tertiary/aromatic N) is 2. The van der Waals surface area contributed by atoms with Gasteiger partial charge in [-0.3, -0.25) is 0 Å². The maximum absolute atomic E-state index is 5.99. The molecule has 0 amide bonds. The molecular weight excluding hydrogens is 330 g/mol. The van der Waals surface area contributed by atoms with E-state index in [2.05, 4.69) is 52.0 Å². The molecule has 0 saturated carbocycles. The van der Waals surface area contributed by atoms with Gasteiger partial charge in [0.25, 0.3) is 0 Å². The van der Waals surface area contributed by atoms with Crippen molar-refractivity contribution in [2.24, 2.45) is 0 Å². The molecule has 2 rings (SSSR count). The number of nitrogens with one attached hydrogen (secondary N) is 1. The van der Waals surface area contributed by atoms with Gasteiger partial charge < -0.3 is 10.1 Å². The lowest BCUT2D eigenvalue weighted by atomic mass is 10.1. The van der Waals surface area contributed by atoms with Crippen LogP contribution >= 0.6 is 15.9 Å². The second kappa shape index (κ2) is 6.89. The number of rotatable bonds is 5. The second-order valence-electron chi connectivity index (χ2n) is 4.86. The van der Waals surface area contributed by atoms with Gasteiger partial charge in [0.05, 0.1) is 5.56 Å². The van der Waals surface area contributed by atoms with Crippen molar-refractivity contribution in [3.63, 3.8) is 0 Å². The molecule has 0 bridgehead atoms. The quantitative estimate of drug-likeness (QED) is 0.853. The van der Waals surface area contributed by atoms with Gasteiger partial charge in [0.2, 0.25) is 5.88 Å². The number of benzene rings is 1. The third-order valence-electron chi connectivity index (χ3n) is 3.23. The highest BCUT2D eigenvalue weighted by atomic mass is 79.9. The lowest BCUT2D eigenvalue weighted by Gasteiger charge is -2.14. The average molecular weight is 350 g/mol. The normalized spacial score (nSPS) is 10.5. The minimum Gasteiger partial charge on any atom is -0.439 e. The Kier molecular flexibility index (Phi) is 5.17. The van der Waals surface area contributed by atoms with Crippen LogP contribution in [0.3, 0.4) is 0 Å². The first-order chi connectivity index (χ1) is 10.1. The third-order valence-corrected chi connectivity index (χ3v) is 4.48. The molecule has 1 aromatic carbocycles. The van der Waals surface area contributed by atoms with E-state index in [-0.39, 0.29) is 0 Å². The Morgan fingerprint density at radius 1 is 1.14 bits per heavy atom. The molecule has 0 spiro atoms. The molecule has 5 heteroatoms. The summed E-state index contributed by atoms with van der Waals surface area (Å²) in [5.74, 6) is 2.25. The summed E-state index contributed by atoms with van der Waals surface area (Å²) in [5.41, 5.74) is 3.28. The Balaban J connectivity index is 2.37. The van der Waals surface area contributed by atoms with Crippen LogP contribution in [-0.4, -0.2) is 16.5 Å². The molecule has 0 aliphatic carbocycles. The highest BCUT2D eigenvalue weighted by molar-refractivity contribution is 9.10. The predicted octanol–water partition coefficient (Wildman–Crippen LogP) is 4.64. The van der Waals surface area contributed by atoms with Crippen LogP contribution in [0.15, 0.2) is 22.9 Å². The Hall–Kier alpha value is -1.62. The average Bonchev–Trinajstić information content (AvgIpc) is 2.45. The van der Waals surface area contributed by atoms with Crippen LogP contribution in [0.1, 0.15) is 30.5 Å². The van der Waals surface area contributed by atoms with Crippen LogP contribution in [0, 0.1) is 13.8 Å². The van der Waals surface area contributed by atoms with E-state index in [1.165, 1.54) is 6.33 Å². The molecule has 4 nitrogen and oxygen atoms in total. The van der Waals surface area contributed by atoms with Crippen molar-refractivity contribution in [3.05, 3.63) is 39.6 Å². The summed E-state index contributed by atoms with van der Waals surface area (Å²) in [7, 11) is 0. The summed E-state index contributed by atoms with van der Waals surface area (Å²) >= 11 is 3.57. The highest BCUT2D eigenvalue weighted by Crippen LogP contribution is 2.31. The van der Waals surface area contributed by atoms with Crippen molar-refractivity contribution in [2.75, 3.05) is 11.9 Å². The monoisotopic (exact) mass is 349 g/mol. The molecule has 2 aromatic rings. The van der Waals surface area contributed by atoms with E-state index in [0.29, 0.717) is 5.88 Å². The third kappa shape index (κ3) is 3.53. The zero-order chi connectivity index (χ0) is 15.4. The van der Waals surface area contributed by atoms with Gasteiger partial charge >= 0.3 is 0 Å². The molecule has 0 radical (unpaired) electrons. The lowest BCUT2D eigenvalue weighted by Crippen LogP contribution is -2.05. The fraction of sp³-hybridized carbons (Fsp3) is 0.375. The summed E-state index contributed by atoms with van der Waals surface area (Å²) in [6.45, 7) is 9.04. The van der Waals surface area contributed by atoms with Gasteiger partial charge in [0.15, 0.2) is 0 Å². The summed E-state index contributed by atoms with van der Waals surface area (Å²) in [6, 6.07) is 4.01. The first-order valence-corrected chi connectivity index (χ1v) is 7.88. The molecule has 1 aromatic heterocycles. The van der Waals surface area contributed by atoms with E-state index in [9.17, 15) is 0 Å². The van der Waals surface area contributed by atoms with Crippen LogP contribution < -0.4 is 10.1 Å². The number of hydrogen-bond donors (Lipinski definition) is 1. The van der Waals surface area contributed by atoms with Crippen molar-refractivity contribution < 1.29 is 4.74 Å². The maximum atomic E-state index is 5.99. The van der Waals surface area contributed by atoms with Crippen LogP contribution in [0.2, 0.25) is 0 Å². The van der Waals surface area contributed by atoms with Gasteiger partial charge in [0, 0.05) is 11.0 Å². The molecule has 0 atom stereocenters. The van der Waals surface area contributed by atoms with E-state index in [1.807, 2.05) is 19.1 Å². The summed E-state index contributed by atoms with van der Waals surface area (Å²) < 4.78 is 7.10. The van der Waals surface area contributed by atoms with Gasteiger partial charge in [-0.1, -0.05) is 22.9 Å². The standard InChI is InChI=1S/C16H20BrN3O/c1-5-13-15(18-6-2)19-9-20-16(13)21-12-7-10(3)14(17)11(4)8-12/h7-9H,5-6H2,1-4H3,(H,18,19,20). The van der Waals surface area contributed by atoms with Crippen molar-refractivity contribution in [2.45, 2.75) is 34.1 Å². The second-order valence-corrected chi connectivity index (χ2v) is 5.66. The number of halogens is 1. The first-order valence-electron chi connectivity index (χ1n) is 7.09. The molecule has 0 aliphatic heterocycles. The molecule has 112 valence electrons. The minimum atomic E-state index is 0.615. The zero-order valence-corrected chi connectivity index (χ0v) is 14.4. The molecule has 0 saturated heterocycles. The Labute approximate surface area is 134 Å². The van der Waals surface area contributed by atoms with Gasteiger partial charge in [-0.05, 0) is 50.5 Å². The van der Waals surface area contributed by atoms with Gasteiger partial charge in [-0.25, -0.2) is 9.97 Å². The number of hydrogen-bond acceptors (Lipinski definition) is 4. The van der Waals surface area contributed by atoms with Crippen LogP contribution in [0.25, 0.3) is 0 Å². The van der Waals surface area contributed by atoms with Crippen molar-refractivity contribution in [1.29, 1.82) is 0 Å². The van der Waals surface area contributed by atoms with Gasteiger partial charge in [-0.15, -0.1) is 0 Å². The van der Waals surface area contributed by atoms with Crippen molar-refractivity contribution >= 4 is 21.7 Å². The van der Waals surface area contributed by atoms with E-state index in [1.54, 1.807) is 0 Å². The Bertz CT molecular complexity index is 620. The summed E-state index contributed by atoms with van der Waals surface area (Å²) in [6.07, 6.45) is 2.35. The molecule has 21 heavy (non-hydrogen) atoms. The Morgan fingerprint density at radius 3 is 2.38 bits per heavy atom. The summed E-state index contributed by atoms with van der Waals surface area (Å²) in [4.78, 5) is 8.57. The fourth-order valence-electron chi connectivity index (χ4n) is 2.20. The minimum absolute atomic E-state index is 0.615. The van der Waals surface area contributed by atoms with E-state index < -0.39 is 0 Å². The number of ether oxygens (including phenoxy) is 1. The highest BCUT2D eigenvalue weighted by Gasteiger charge is 2.12. The number of aryl methyl sites for hydroxylation is 2.